The summed E-state index contributed by atoms with van der Waals surface area (Å²) in [6.45, 7) is 10.5. The molecule has 2 bridgehead atoms. The molecular weight excluding hydrogens is 240 g/mol. The van der Waals surface area contributed by atoms with Gasteiger partial charge in [-0.15, -0.1) is 0 Å². The van der Waals surface area contributed by atoms with Crippen molar-refractivity contribution >= 4 is 5.78 Å². The van der Waals surface area contributed by atoms with Crippen molar-refractivity contribution in [2.75, 3.05) is 7.11 Å². The molecule has 19 heavy (non-hydrogen) atoms. The van der Waals surface area contributed by atoms with Crippen molar-refractivity contribution in [3.63, 3.8) is 0 Å². The zero-order valence-electron chi connectivity index (χ0n) is 12.8. The predicted molar refractivity (Wildman–Crippen MR) is 72.7 cm³/mol. The van der Waals surface area contributed by atoms with Gasteiger partial charge in [-0.05, 0) is 0 Å². The Morgan fingerprint density at radius 1 is 1.05 bits per heavy atom. The number of hydrogen-bond acceptors (Lipinski definition) is 3. The minimum atomic E-state index is -0.226. The summed E-state index contributed by atoms with van der Waals surface area (Å²) in [6.07, 6.45) is 0.738. The van der Waals surface area contributed by atoms with E-state index in [1.165, 1.54) is 0 Å². The second-order valence-electron chi connectivity index (χ2n) is 7.78. The van der Waals surface area contributed by atoms with E-state index >= 15 is 0 Å². The molecule has 3 rings (SSSR count). The van der Waals surface area contributed by atoms with Crippen molar-refractivity contribution in [1.82, 2.24) is 0 Å². The van der Waals surface area contributed by atoms with Gasteiger partial charge >= 0.3 is 0 Å². The monoisotopic (exact) mass is 266 g/mol. The average Bonchev–Trinajstić information content (AvgIpc) is 2.93. The highest BCUT2D eigenvalue weighted by Crippen LogP contribution is 2.65. The maximum Gasteiger partial charge on any atom is 0.142 e. The number of hydrogen-bond donors (Lipinski definition) is 0. The molecule has 0 aromatic carbocycles. The van der Waals surface area contributed by atoms with Crippen molar-refractivity contribution in [2.24, 2.45) is 35.0 Å². The number of carbonyl (C=O) groups is 1. The highest BCUT2D eigenvalue weighted by Gasteiger charge is 2.72. The first kappa shape index (κ1) is 13.6. The number of rotatable bonds is 2. The van der Waals surface area contributed by atoms with Crippen molar-refractivity contribution in [1.29, 1.82) is 0 Å². The second-order valence-corrected chi connectivity index (χ2v) is 7.78. The molecule has 8 atom stereocenters. The molecule has 1 aliphatic carbocycles. The van der Waals surface area contributed by atoms with Crippen molar-refractivity contribution < 1.29 is 14.3 Å². The fraction of sp³-hybridized carbons (Fsp3) is 0.938. The third-order valence-corrected chi connectivity index (χ3v) is 5.59. The van der Waals surface area contributed by atoms with Gasteiger partial charge in [0, 0.05) is 42.1 Å². The van der Waals surface area contributed by atoms with Crippen molar-refractivity contribution in [2.45, 2.75) is 52.9 Å². The molecule has 3 aliphatic rings. The number of carbonyl (C=O) groups excluding carboxylic acids is 1. The third kappa shape index (κ3) is 1.74. The normalized spacial score (nSPS) is 51.9. The third-order valence-electron chi connectivity index (χ3n) is 5.59. The molecule has 1 saturated carbocycles. The molecule has 0 aromatic rings. The minimum Gasteiger partial charge on any atom is -0.381 e. The Hall–Kier alpha value is -0.410. The maximum absolute atomic E-state index is 12.5. The molecule has 2 unspecified atom stereocenters. The number of ether oxygens (including phenoxy) is 2. The van der Waals surface area contributed by atoms with Gasteiger partial charge in [0.2, 0.25) is 0 Å². The van der Waals surface area contributed by atoms with Gasteiger partial charge in [0.1, 0.15) is 5.78 Å². The molecule has 0 spiro atoms. The fourth-order valence-corrected chi connectivity index (χ4v) is 4.65. The van der Waals surface area contributed by atoms with E-state index in [-0.39, 0.29) is 29.6 Å². The van der Waals surface area contributed by atoms with E-state index in [0.29, 0.717) is 29.5 Å². The first-order valence-electron chi connectivity index (χ1n) is 7.51. The van der Waals surface area contributed by atoms with Crippen LogP contribution in [0, 0.1) is 35.0 Å². The fourth-order valence-electron chi connectivity index (χ4n) is 4.65. The highest BCUT2D eigenvalue weighted by molar-refractivity contribution is 5.89. The molecule has 2 heterocycles. The lowest BCUT2D eigenvalue weighted by Crippen LogP contribution is -2.49. The SMILES string of the molecule is COC1[C@@H](C)[C@@H]2O[C@@H]([C@H]3C(C(=O)C(C)(C)C)[C@@H]23)[C@H]1C. The number of methoxy groups -OCH3 is 1. The Kier molecular flexibility index (Phi) is 2.89. The number of ketones is 1. The van der Waals surface area contributed by atoms with E-state index < -0.39 is 0 Å². The Morgan fingerprint density at radius 3 is 1.89 bits per heavy atom. The van der Waals surface area contributed by atoms with E-state index in [4.69, 9.17) is 9.47 Å². The summed E-state index contributed by atoms with van der Waals surface area (Å²) in [7, 11) is 1.80. The molecule has 3 heteroatoms. The molecule has 3 nitrogen and oxygen atoms in total. The summed E-state index contributed by atoms with van der Waals surface area (Å²) >= 11 is 0. The van der Waals surface area contributed by atoms with Gasteiger partial charge in [0.25, 0.3) is 0 Å². The standard InChI is InChI=1S/C16H26O3/c1-7-12(18-6)8(2)14-10-9(13(7)19-14)11(10)15(17)16(3,4)5/h7-14H,1-6H3/t7-,8+,9+,10-,11?,12?,13+,14-. The van der Waals surface area contributed by atoms with E-state index in [2.05, 4.69) is 13.8 Å². The molecular formula is C16H26O3. The van der Waals surface area contributed by atoms with Crippen LogP contribution in [0.15, 0.2) is 0 Å². The van der Waals surface area contributed by atoms with Gasteiger partial charge in [-0.1, -0.05) is 34.6 Å². The predicted octanol–water partition coefficient (Wildman–Crippen LogP) is 2.53. The molecule has 0 N–H and O–H groups in total. The Labute approximate surface area is 116 Å². The first-order valence-corrected chi connectivity index (χ1v) is 7.51. The number of fused-ring (bicyclic) bond motifs is 5. The van der Waals surface area contributed by atoms with Crippen LogP contribution < -0.4 is 0 Å². The van der Waals surface area contributed by atoms with Crippen LogP contribution in [0.25, 0.3) is 0 Å². The summed E-state index contributed by atoms with van der Waals surface area (Å²) in [4.78, 5) is 12.5. The van der Waals surface area contributed by atoms with Crippen LogP contribution in [0.4, 0.5) is 0 Å². The topological polar surface area (TPSA) is 35.5 Å². The Morgan fingerprint density at radius 2 is 1.53 bits per heavy atom. The lowest BCUT2D eigenvalue weighted by atomic mass is 9.79. The summed E-state index contributed by atoms with van der Waals surface area (Å²) in [5.41, 5.74) is -0.226. The number of Topliss-reactive ketones (excluding diaryl/α,β-unsaturated/α-hetero) is 1. The van der Waals surface area contributed by atoms with Gasteiger partial charge in [-0.3, -0.25) is 4.79 Å². The molecule has 108 valence electrons. The van der Waals surface area contributed by atoms with Crippen LogP contribution in [0.1, 0.15) is 34.6 Å². The van der Waals surface area contributed by atoms with Crippen LogP contribution in [0.5, 0.6) is 0 Å². The first-order chi connectivity index (χ1) is 8.79. The minimum absolute atomic E-state index is 0.226. The summed E-state index contributed by atoms with van der Waals surface area (Å²) in [5.74, 6) is 2.36. The molecule has 0 amide bonds. The zero-order chi connectivity index (χ0) is 14.1. The maximum atomic E-state index is 12.5. The van der Waals surface area contributed by atoms with Gasteiger partial charge in [0.05, 0.1) is 18.3 Å². The molecule has 0 aromatic heterocycles. The van der Waals surface area contributed by atoms with Crippen LogP contribution >= 0.6 is 0 Å². The zero-order valence-corrected chi connectivity index (χ0v) is 12.8. The van der Waals surface area contributed by atoms with Crippen LogP contribution in [-0.4, -0.2) is 31.2 Å². The molecule has 2 saturated heterocycles. The van der Waals surface area contributed by atoms with Gasteiger partial charge in [-0.2, -0.15) is 0 Å². The summed E-state index contributed by atoms with van der Waals surface area (Å²) in [6, 6.07) is 0. The van der Waals surface area contributed by atoms with Crippen LogP contribution in [0.2, 0.25) is 0 Å². The lowest BCUT2D eigenvalue weighted by molar-refractivity contribution is -0.164. The van der Waals surface area contributed by atoms with Gasteiger partial charge in [-0.25, -0.2) is 0 Å². The highest BCUT2D eigenvalue weighted by atomic mass is 16.5. The quantitative estimate of drug-likeness (QED) is 0.770. The average molecular weight is 266 g/mol. The van der Waals surface area contributed by atoms with E-state index in [1.807, 2.05) is 20.8 Å². The van der Waals surface area contributed by atoms with Crippen molar-refractivity contribution in [3.8, 4) is 0 Å². The van der Waals surface area contributed by atoms with Crippen LogP contribution in [-0.2, 0) is 14.3 Å². The smallest absolute Gasteiger partial charge is 0.142 e. The van der Waals surface area contributed by atoms with E-state index in [9.17, 15) is 4.79 Å². The van der Waals surface area contributed by atoms with Crippen LogP contribution in [0.3, 0.4) is 0 Å². The van der Waals surface area contributed by atoms with Gasteiger partial charge in [0.15, 0.2) is 0 Å². The molecule has 2 aliphatic heterocycles. The summed E-state index contributed by atoms with van der Waals surface area (Å²) < 4.78 is 11.8. The lowest BCUT2D eigenvalue weighted by Gasteiger charge is -2.42. The molecule has 3 fully saturated rings. The van der Waals surface area contributed by atoms with E-state index in [0.717, 1.165) is 0 Å². The van der Waals surface area contributed by atoms with Crippen molar-refractivity contribution in [3.05, 3.63) is 0 Å². The van der Waals surface area contributed by atoms with Gasteiger partial charge < -0.3 is 9.47 Å². The Balaban J connectivity index is 1.82. The molecule has 0 radical (unpaired) electrons. The van der Waals surface area contributed by atoms with E-state index in [1.54, 1.807) is 7.11 Å². The second kappa shape index (κ2) is 4.05. The Bertz CT molecular complexity index is 375. The largest absolute Gasteiger partial charge is 0.381 e. The summed E-state index contributed by atoms with van der Waals surface area (Å²) in [5, 5.41) is 0.